The van der Waals surface area contributed by atoms with E-state index in [-0.39, 0.29) is 11.8 Å². The maximum atomic E-state index is 12.1. The van der Waals surface area contributed by atoms with Crippen LogP contribution in [0.5, 0.6) is 0 Å². The monoisotopic (exact) mass is 415 g/mol. The summed E-state index contributed by atoms with van der Waals surface area (Å²) in [4.78, 5) is 30.5. The number of carbonyl (C=O) groups excluding carboxylic acids is 2. The van der Waals surface area contributed by atoms with Crippen LogP contribution < -0.4 is 10.6 Å². The SMILES string of the molecule is C[C@@H]1CCC[C@H](C)N1C[13C](=O)[15NH][13CH2][13CH2][13C](=O)NCCSSc1ccccn1. The van der Waals surface area contributed by atoms with Gasteiger partial charge in [-0.25, -0.2) is 4.98 Å². The topological polar surface area (TPSA) is 74.3 Å². The molecule has 0 saturated carbocycles. The number of piperidine rings is 1. The average Bonchev–Trinajstić information content (AvgIpc) is 2.65. The van der Waals surface area contributed by atoms with Crippen molar-refractivity contribution in [2.75, 3.05) is 25.4 Å². The highest BCUT2D eigenvalue weighted by Gasteiger charge is 2.26. The minimum absolute atomic E-state index is 0.00529. The number of hydrogen-bond acceptors (Lipinski definition) is 6. The molecule has 1 fully saturated rings. The molecule has 0 aliphatic carbocycles. The van der Waals surface area contributed by atoms with E-state index in [1.807, 2.05) is 18.2 Å². The Kier molecular flexibility index (Phi) is 10.0. The molecule has 0 spiro atoms. The van der Waals surface area contributed by atoms with Gasteiger partial charge in [-0.2, -0.15) is 0 Å². The maximum absolute atomic E-state index is 12.1. The van der Waals surface area contributed by atoms with Gasteiger partial charge in [-0.15, -0.1) is 0 Å². The predicted molar refractivity (Wildman–Crippen MR) is 113 cm³/mol. The summed E-state index contributed by atoms with van der Waals surface area (Å²) in [7, 11) is 3.26. The number of carbonyl (C=O) groups is 2. The van der Waals surface area contributed by atoms with Gasteiger partial charge in [0.25, 0.3) is 0 Å². The molecule has 2 heterocycles. The molecule has 0 unspecified atom stereocenters. The third kappa shape index (κ3) is 8.53. The lowest BCUT2D eigenvalue weighted by atomic mass is 9.98. The summed E-state index contributed by atoms with van der Waals surface area (Å²) in [5.74, 6) is 0.786. The smallest absolute Gasteiger partial charge is 0.234 e. The van der Waals surface area contributed by atoms with Crippen LogP contribution in [0.1, 0.15) is 39.5 Å². The van der Waals surface area contributed by atoms with Gasteiger partial charge in [0.05, 0.1) is 6.54 Å². The lowest BCUT2D eigenvalue weighted by molar-refractivity contribution is -0.124. The number of rotatable bonds is 10. The van der Waals surface area contributed by atoms with E-state index in [1.165, 1.54) is 6.42 Å². The van der Waals surface area contributed by atoms with Crippen LogP contribution in [-0.2, 0) is 9.59 Å². The summed E-state index contributed by atoms with van der Waals surface area (Å²) < 4.78 is 0. The molecule has 8 heteroatoms. The van der Waals surface area contributed by atoms with Crippen LogP contribution in [0, 0.1) is 0 Å². The molecule has 2 N–H and O–H groups in total. The molecule has 1 aromatic heterocycles. The number of nitrogens with zero attached hydrogens (tertiary/aromatic N) is 2. The van der Waals surface area contributed by atoms with E-state index in [1.54, 1.807) is 27.8 Å². The molecule has 2 atom stereocenters. The van der Waals surface area contributed by atoms with Crippen molar-refractivity contribution in [2.45, 2.75) is 56.6 Å². The zero-order chi connectivity index (χ0) is 19.5. The Morgan fingerprint density at radius 3 is 2.59 bits per heavy atom. The first-order chi connectivity index (χ1) is 13.1. The molecule has 150 valence electrons. The molecule has 27 heavy (non-hydrogen) atoms. The summed E-state index contributed by atoms with van der Waals surface area (Å²) in [5, 5.41) is 6.72. The van der Waals surface area contributed by atoms with Crippen LogP contribution in [0.25, 0.3) is 0 Å². The number of aromatic nitrogens is 1. The zero-order valence-corrected chi connectivity index (χ0v) is 17.8. The van der Waals surface area contributed by atoms with Gasteiger partial charge in [0.15, 0.2) is 0 Å². The Morgan fingerprint density at radius 1 is 1.15 bits per heavy atom. The lowest BCUT2D eigenvalue weighted by Crippen LogP contribution is -2.49. The molecule has 1 saturated heterocycles. The van der Waals surface area contributed by atoms with Gasteiger partial charge in [0, 0.05) is 43.5 Å². The van der Waals surface area contributed by atoms with Crippen molar-refractivity contribution < 1.29 is 9.59 Å². The molecule has 1 aromatic rings. The molecule has 0 bridgehead atoms. The van der Waals surface area contributed by atoms with Gasteiger partial charge in [0.1, 0.15) is 5.03 Å². The van der Waals surface area contributed by atoms with Crippen molar-refractivity contribution in [3.63, 3.8) is 0 Å². The molecular weight excluding hydrogens is 385 g/mol. The number of amides is 2. The number of likely N-dealkylation sites (tertiary alicyclic amines) is 1. The Balaban J connectivity index is 1.50. The van der Waals surface area contributed by atoms with Gasteiger partial charge in [-0.1, -0.05) is 23.3 Å². The van der Waals surface area contributed by atoms with Crippen molar-refractivity contribution in [1.29, 1.82) is 0 Å². The van der Waals surface area contributed by atoms with Gasteiger partial charge in [-0.05, 0) is 49.6 Å². The first-order valence-electron chi connectivity index (χ1n) is 9.56. The standard InChI is InChI=1S/C19H30N4O2S2/c1-15-6-5-7-16(2)23(15)14-18(25)20-11-9-17(24)21-12-13-26-27-19-8-3-4-10-22-19/h3-4,8,10,15-16H,5-7,9,11-14H2,1-2H3,(H,20,25)(H,21,24)/t15-,16+/i9+1,11+1,17+1,18+1,20+1. The van der Waals surface area contributed by atoms with Gasteiger partial charge < -0.3 is 10.6 Å². The average molecular weight is 416 g/mol. The summed E-state index contributed by atoms with van der Waals surface area (Å²) in [6, 6.07) is 6.71. The van der Waals surface area contributed by atoms with Gasteiger partial charge in [-0.3, -0.25) is 14.5 Å². The molecule has 1 aliphatic rings. The fraction of sp³-hybridized carbons (Fsp3) is 0.632. The largest absolute Gasteiger partial charge is 0.355 e. The van der Waals surface area contributed by atoms with E-state index in [2.05, 4.69) is 34.4 Å². The van der Waals surface area contributed by atoms with E-state index < -0.39 is 0 Å². The third-order valence-corrected chi connectivity index (χ3v) is 6.93. The zero-order valence-electron chi connectivity index (χ0n) is 16.1. The van der Waals surface area contributed by atoms with Crippen LogP contribution >= 0.6 is 21.6 Å². The third-order valence-electron chi connectivity index (χ3n) is 4.67. The first-order valence-corrected chi connectivity index (χ1v) is 11.9. The molecule has 2 rings (SSSR count). The highest BCUT2D eigenvalue weighted by molar-refractivity contribution is 8.76. The van der Waals surface area contributed by atoms with E-state index in [4.69, 9.17) is 0 Å². The van der Waals surface area contributed by atoms with Crippen LogP contribution in [-0.4, -0.2) is 59.2 Å². The Morgan fingerprint density at radius 2 is 1.89 bits per heavy atom. The molecule has 0 aromatic carbocycles. The highest BCUT2D eigenvalue weighted by atomic mass is 33.1. The second kappa shape index (κ2) is 12.3. The second-order valence-corrected chi connectivity index (χ2v) is 9.26. The van der Waals surface area contributed by atoms with E-state index in [0.29, 0.717) is 38.1 Å². The normalized spacial score (nSPS) is 20.2. The minimum atomic E-state index is -0.0292. The molecule has 6 nitrogen and oxygen atoms in total. The number of hydrogen-bond donors (Lipinski definition) is 2. The van der Waals surface area contributed by atoms with Gasteiger partial charge in [0.2, 0.25) is 11.8 Å². The minimum Gasteiger partial charge on any atom is -0.355 e. The Labute approximate surface area is 170 Å². The van der Waals surface area contributed by atoms with Crippen molar-refractivity contribution in [3.8, 4) is 0 Å². The summed E-state index contributed by atoms with van der Waals surface area (Å²) >= 11 is 0. The Hall–Kier alpha value is -1.25. The second-order valence-electron chi connectivity index (χ2n) is 6.82. The molecular formula is C19H30N4O2S2. The fourth-order valence-electron chi connectivity index (χ4n) is 3.14. The van der Waals surface area contributed by atoms with Gasteiger partial charge >= 0.3 is 0 Å². The fourth-order valence-corrected chi connectivity index (χ4v) is 4.93. The van der Waals surface area contributed by atoms with Crippen molar-refractivity contribution in [3.05, 3.63) is 24.4 Å². The summed E-state index contributed by atoms with van der Waals surface area (Å²) in [6.07, 6.45) is 5.62. The lowest BCUT2D eigenvalue weighted by Gasteiger charge is -2.38. The summed E-state index contributed by atoms with van der Waals surface area (Å²) in [6.45, 7) is 5.78. The quantitative estimate of drug-likeness (QED) is 0.265. The van der Waals surface area contributed by atoms with Crippen molar-refractivity contribution >= 4 is 33.4 Å². The van der Waals surface area contributed by atoms with Crippen LogP contribution in [0.2, 0.25) is 0 Å². The number of pyridine rings is 1. The van der Waals surface area contributed by atoms with Crippen molar-refractivity contribution in [2.24, 2.45) is 0 Å². The van der Waals surface area contributed by atoms with E-state index in [9.17, 15) is 9.59 Å². The summed E-state index contributed by atoms with van der Waals surface area (Å²) in [5.41, 5.74) is 0. The maximum Gasteiger partial charge on any atom is 0.234 e. The van der Waals surface area contributed by atoms with Crippen molar-refractivity contribution in [1.82, 2.24) is 20.5 Å². The van der Waals surface area contributed by atoms with Crippen LogP contribution in [0.15, 0.2) is 29.4 Å². The van der Waals surface area contributed by atoms with Crippen LogP contribution in [0.4, 0.5) is 0 Å². The van der Waals surface area contributed by atoms with Crippen LogP contribution in [0.3, 0.4) is 0 Å². The number of nitrogens with one attached hydrogen (secondary N) is 2. The van der Waals surface area contributed by atoms with E-state index in [0.717, 1.165) is 23.6 Å². The molecule has 1 aliphatic heterocycles. The molecule has 2 amide bonds. The molecule has 0 radical (unpaired) electrons. The highest BCUT2D eigenvalue weighted by Crippen LogP contribution is 2.28. The Bertz CT molecular complexity index is 578. The predicted octanol–water partition coefficient (Wildman–Crippen LogP) is 2.71. The first kappa shape index (κ1) is 22.0. The van der Waals surface area contributed by atoms with E-state index >= 15 is 0 Å².